The van der Waals surface area contributed by atoms with E-state index in [1.54, 1.807) is 4.90 Å². The van der Waals surface area contributed by atoms with Gasteiger partial charge in [0, 0.05) is 38.8 Å². The van der Waals surface area contributed by atoms with Crippen molar-refractivity contribution in [2.75, 3.05) is 11.4 Å². The molecule has 2 aromatic heterocycles. The van der Waals surface area contributed by atoms with E-state index in [9.17, 15) is 9.59 Å². The number of nitrogens with zero attached hydrogens (tertiary/aromatic N) is 3. The lowest BCUT2D eigenvalue weighted by atomic mass is 9.97. The maximum atomic E-state index is 12.0. The molecule has 1 N–H and O–H groups in total. The summed E-state index contributed by atoms with van der Waals surface area (Å²) in [5.41, 5.74) is 2.80. The molecule has 2 aliphatic rings. The number of carbonyl (C=O) groups is 2. The fraction of sp³-hybridized carbons (Fsp3) is 0.500. The average molecular weight is 328 g/mol. The molecule has 0 atom stereocenters. The van der Waals surface area contributed by atoms with Crippen molar-refractivity contribution in [1.82, 2.24) is 14.7 Å². The third-order valence-electron chi connectivity index (χ3n) is 5.10. The number of hydrogen-bond acceptors (Lipinski definition) is 3. The molecule has 3 amide bonds. The highest BCUT2D eigenvalue weighted by Crippen LogP contribution is 2.31. The number of anilines is 1. The maximum Gasteiger partial charge on any atom is 0.328 e. The summed E-state index contributed by atoms with van der Waals surface area (Å²) in [6.45, 7) is 0.414. The number of imide groups is 1. The number of carbonyl (C=O) groups excluding carboxylic acids is 2. The number of pyridine rings is 1. The highest BCUT2D eigenvalue weighted by molar-refractivity contribution is 6.05. The Morgan fingerprint density at radius 3 is 2.71 bits per heavy atom. The fourth-order valence-electron chi connectivity index (χ4n) is 3.74. The van der Waals surface area contributed by atoms with Crippen LogP contribution in [-0.4, -0.2) is 27.9 Å². The summed E-state index contributed by atoms with van der Waals surface area (Å²) < 4.78 is 2.02. The van der Waals surface area contributed by atoms with E-state index in [1.165, 1.54) is 38.5 Å². The van der Waals surface area contributed by atoms with Crippen LogP contribution in [0.3, 0.4) is 0 Å². The van der Waals surface area contributed by atoms with E-state index in [-0.39, 0.29) is 13.4 Å². The minimum absolute atomic E-state index is 0. The molecule has 2 aromatic rings. The summed E-state index contributed by atoms with van der Waals surface area (Å²) in [4.78, 5) is 29.7. The van der Waals surface area contributed by atoms with E-state index in [1.807, 2.05) is 22.7 Å². The molecule has 128 valence electrons. The Balaban J connectivity index is 0.00000182. The largest absolute Gasteiger partial charge is 0.328 e. The van der Waals surface area contributed by atoms with Gasteiger partial charge in [-0.1, -0.05) is 25.7 Å². The number of imidazole rings is 1. The Bertz CT molecular complexity index is 780. The third kappa shape index (κ3) is 2.88. The second-order valence-corrected chi connectivity index (χ2v) is 6.76. The zero-order chi connectivity index (χ0) is 16.5. The smallest absolute Gasteiger partial charge is 0.307 e. The van der Waals surface area contributed by atoms with Gasteiger partial charge < -0.3 is 4.40 Å². The molecule has 0 unspecified atom stereocenters. The normalized spacial score (nSPS) is 20.2. The van der Waals surface area contributed by atoms with E-state index in [2.05, 4.69) is 11.5 Å². The van der Waals surface area contributed by atoms with Crippen molar-refractivity contribution < 1.29 is 11.0 Å². The lowest BCUT2D eigenvalue weighted by Crippen LogP contribution is -2.49. The highest BCUT2D eigenvalue weighted by Gasteiger charge is 2.25. The van der Waals surface area contributed by atoms with Gasteiger partial charge in [0.05, 0.1) is 11.4 Å². The molecule has 1 aliphatic carbocycles. The van der Waals surface area contributed by atoms with Gasteiger partial charge in [0.15, 0.2) is 0 Å². The first-order valence-electron chi connectivity index (χ1n) is 8.81. The van der Waals surface area contributed by atoms with Crippen LogP contribution < -0.4 is 10.2 Å². The van der Waals surface area contributed by atoms with Crippen molar-refractivity contribution in [2.24, 2.45) is 0 Å². The molecule has 24 heavy (non-hydrogen) atoms. The molecular formula is C18H24N4O2. The predicted octanol–water partition coefficient (Wildman–Crippen LogP) is 3.46. The number of aromatic nitrogens is 2. The monoisotopic (exact) mass is 328 g/mol. The number of rotatable bonds is 2. The Morgan fingerprint density at radius 1 is 1.17 bits per heavy atom. The minimum atomic E-state index is -0.355. The van der Waals surface area contributed by atoms with Gasteiger partial charge in [-0.3, -0.25) is 15.0 Å². The van der Waals surface area contributed by atoms with Gasteiger partial charge in [0.1, 0.15) is 5.65 Å². The van der Waals surface area contributed by atoms with Crippen molar-refractivity contribution in [3.05, 3.63) is 30.2 Å². The lowest BCUT2D eigenvalue weighted by molar-refractivity contribution is -0.120. The van der Waals surface area contributed by atoms with Crippen LogP contribution in [0.5, 0.6) is 0 Å². The Hall–Kier alpha value is -2.37. The summed E-state index contributed by atoms with van der Waals surface area (Å²) >= 11 is 0. The third-order valence-corrected chi connectivity index (χ3v) is 5.10. The number of nitrogens with one attached hydrogen (secondary N) is 1. The van der Waals surface area contributed by atoms with Crippen LogP contribution in [0.4, 0.5) is 10.5 Å². The maximum absolute atomic E-state index is 12.0. The molecular weight excluding hydrogens is 304 g/mol. The van der Waals surface area contributed by atoms with Crippen molar-refractivity contribution in [3.8, 4) is 0 Å². The molecule has 4 rings (SSSR count). The first-order chi connectivity index (χ1) is 11.7. The molecule has 0 spiro atoms. The number of amides is 3. The second kappa shape index (κ2) is 6.26. The van der Waals surface area contributed by atoms with Crippen molar-refractivity contribution in [3.63, 3.8) is 0 Å². The van der Waals surface area contributed by atoms with Crippen LogP contribution in [0.2, 0.25) is 0 Å². The summed E-state index contributed by atoms with van der Waals surface area (Å²) in [6, 6.07) is 3.47. The van der Waals surface area contributed by atoms with Crippen molar-refractivity contribution in [2.45, 2.75) is 50.9 Å². The van der Waals surface area contributed by atoms with Gasteiger partial charge in [-0.05, 0) is 18.9 Å². The summed E-state index contributed by atoms with van der Waals surface area (Å²) in [5.74, 6) is 0.334. The number of fused-ring (bicyclic) bond motifs is 1. The highest BCUT2D eigenvalue weighted by atomic mass is 16.2. The average Bonchev–Trinajstić information content (AvgIpc) is 2.80. The molecule has 3 heterocycles. The van der Waals surface area contributed by atoms with E-state index in [4.69, 9.17) is 4.98 Å². The molecule has 2 fully saturated rings. The van der Waals surface area contributed by atoms with Gasteiger partial charge in [-0.2, -0.15) is 0 Å². The molecule has 1 saturated carbocycles. The molecule has 0 bridgehead atoms. The molecule has 6 nitrogen and oxygen atoms in total. The Labute approximate surface area is 142 Å². The summed E-state index contributed by atoms with van der Waals surface area (Å²) in [7, 11) is 0. The van der Waals surface area contributed by atoms with E-state index in [0.717, 1.165) is 17.0 Å². The molecule has 1 saturated heterocycles. The van der Waals surface area contributed by atoms with Crippen LogP contribution in [0.15, 0.2) is 24.5 Å². The zero-order valence-corrected chi connectivity index (χ0v) is 13.7. The van der Waals surface area contributed by atoms with Gasteiger partial charge >= 0.3 is 6.03 Å². The summed E-state index contributed by atoms with van der Waals surface area (Å²) in [6.07, 6.45) is 12.1. The van der Waals surface area contributed by atoms with Crippen LogP contribution in [0.1, 0.15) is 58.0 Å². The number of hydrogen-bond donors (Lipinski definition) is 1. The molecule has 0 aromatic carbocycles. The SMILES string of the molecule is O=C1CCN(c2ccn3cc(C4CCCCCC4)nc3c2)C(=O)N1.[HH]. The molecule has 1 aliphatic heterocycles. The lowest BCUT2D eigenvalue weighted by Gasteiger charge is -2.26. The molecule has 6 heteroatoms. The second-order valence-electron chi connectivity index (χ2n) is 6.76. The number of urea groups is 1. The quantitative estimate of drug-likeness (QED) is 0.859. The van der Waals surface area contributed by atoms with Gasteiger partial charge in [-0.25, -0.2) is 9.78 Å². The van der Waals surface area contributed by atoms with E-state index < -0.39 is 0 Å². The first-order valence-corrected chi connectivity index (χ1v) is 8.81. The van der Waals surface area contributed by atoms with E-state index >= 15 is 0 Å². The van der Waals surface area contributed by atoms with Crippen LogP contribution >= 0.6 is 0 Å². The van der Waals surface area contributed by atoms with Crippen molar-refractivity contribution >= 4 is 23.3 Å². The fourth-order valence-corrected chi connectivity index (χ4v) is 3.74. The predicted molar refractivity (Wildman–Crippen MR) is 93.3 cm³/mol. The van der Waals surface area contributed by atoms with Gasteiger partial charge in [0.25, 0.3) is 0 Å². The minimum Gasteiger partial charge on any atom is -0.307 e. The van der Waals surface area contributed by atoms with Gasteiger partial charge in [0.2, 0.25) is 5.91 Å². The Morgan fingerprint density at radius 2 is 1.96 bits per heavy atom. The zero-order valence-electron chi connectivity index (χ0n) is 13.7. The standard InChI is InChI=1S/C18H22N4O2.H2/c23-17-8-10-22(18(24)20-17)14-7-9-21-12-15(19-16(21)11-14)13-5-3-1-2-4-6-13;/h7,9,11-13H,1-6,8,10H2,(H,20,23,24);1H. The Kier molecular flexibility index (Phi) is 3.96. The topological polar surface area (TPSA) is 66.7 Å². The van der Waals surface area contributed by atoms with Crippen LogP contribution in [0, 0.1) is 0 Å². The van der Waals surface area contributed by atoms with Crippen molar-refractivity contribution in [1.29, 1.82) is 0 Å². The van der Waals surface area contributed by atoms with Crippen LogP contribution in [-0.2, 0) is 4.79 Å². The van der Waals surface area contributed by atoms with Crippen LogP contribution in [0.25, 0.3) is 5.65 Å². The summed E-state index contributed by atoms with van der Waals surface area (Å²) in [5, 5.41) is 2.36. The molecule has 0 radical (unpaired) electrons. The van der Waals surface area contributed by atoms with E-state index in [0.29, 0.717) is 18.9 Å². The van der Waals surface area contributed by atoms with Gasteiger partial charge in [-0.15, -0.1) is 0 Å². The first kappa shape index (κ1) is 15.2.